The Kier molecular flexibility index (Phi) is 53.9. The summed E-state index contributed by atoms with van der Waals surface area (Å²) in [6.07, 6.45) is 20.7. The van der Waals surface area contributed by atoms with Gasteiger partial charge in [0.05, 0.1) is 22.4 Å². The third-order valence-electron chi connectivity index (χ3n) is 11.3. The largest absolute Gasteiger partial charge is 0.264 e. The SMILES string of the molecule is CC.CC.CC.CC.CC.CC.CC.CC.CC.Cc1ccccc1-c1cccc[n+]1C.Cc1cccnc1-c1cccc[n+]1C.Cc1ccncc1-c1cccc[n+]1C.Cc1cnccc1-c1cccc[n+]1C.Cc1ncncc1-c1nnnn1C. The van der Waals surface area contributed by atoms with Crippen LogP contribution in [0.2, 0.25) is 0 Å². The second kappa shape index (κ2) is 55.3. The van der Waals surface area contributed by atoms with Crippen molar-refractivity contribution in [1.29, 1.82) is 0 Å². The van der Waals surface area contributed by atoms with E-state index in [1.807, 2.05) is 244 Å². The van der Waals surface area contributed by atoms with Crippen molar-refractivity contribution in [2.75, 3.05) is 0 Å². The molecule has 0 aliphatic carbocycles. The Balaban J connectivity index is -0.000000464. The van der Waals surface area contributed by atoms with Crippen molar-refractivity contribution in [3.63, 3.8) is 0 Å². The van der Waals surface area contributed by atoms with Crippen molar-refractivity contribution in [2.24, 2.45) is 35.2 Å². The van der Waals surface area contributed by atoms with E-state index in [0.29, 0.717) is 5.82 Å². The molecule has 13 heteroatoms. The Labute approximate surface area is 529 Å². The summed E-state index contributed by atoms with van der Waals surface area (Å²) in [5.41, 5.74) is 16.3. The highest BCUT2D eigenvalue weighted by atomic mass is 15.5. The van der Waals surface area contributed by atoms with Crippen LogP contribution in [0.25, 0.3) is 56.5 Å². The maximum Gasteiger partial charge on any atom is 0.231 e. The Bertz CT molecular complexity index is 2700. The molecule has 0 amide bonds. The molecule has 0 spiro atoms. The van der Waals surface area contributed by atoms with E-state index in [-0.39, 0.29) is 0 Å². The normalized spacial score (nSPS) is 8.69. The van der Waals surface area contributed by atoms with Crippen LogP contribution in [0.1, 0.15) is 153 Å². The van der Waals surface area contributed by atoms with E-state index in [1.54, 1.807) is 17.9 Å². The van der Waals surface area contributed by atoms with Gasteiger partial charge >= 0.3 is 0 Å². The number of aromatic nitrogens is 13. The van der Waals surface area contributed by atoms with E-state index in [9.17, 15) is 0 Å². The van der Waals surface area contributed by atoms with Gasteiger partial charge < -0.3 is 0 Å². The molecular weight excluding hydrogens is 1070 g/mol. The Morgan fingerprint density at radius 2 is 0.724 bits per heavy atom. The topological polar surface area (TPSA) is 124 Å². The first-order valence-corrected chi connectivity index (χ1v) is 31.5. The van der Waals surface area contributed by atoms with Gasteiger partial charge in [-0.2, -0.15) is 4.57 Å². The molecule has 0 unspecified atom stereocenters. The zero-order valence-electron chi connectivity index (χ0n) is 59.2. The zero-order chi connectivity index (χ0) is 67.1. The van der Waals surface area contributed by atoms with Crippen molar-refractivity contribution >= 4 is 0 Å². The van der Waals surface area contributed by atoms with Gasteiger partial charge in [-0.1, -0.05) is 149 Å². The number of aryl methyl sites for hydroxylation is 10. The van der Waals surface area contributed by atoms with Crippen LogP contribution < -0.4 is 18.3 Å². The van der Waals surface area contributed by atoms with Gasteiger partial charge in [0.2, 0.25) is 22.8 Å². The van der Waals surface area contributed by atoms with E-state index in [1.165, 1.54) is 62.4 Å². The molecule has 0 aliphatic heterocycles. The molecule has 9 aromatic heterocycles. The minimum atomic E-state index is 0.679. The predicted molar refractivity (Wildman–Crippen MR) is 371 cm³/mol. The highest BCUT2D eigenvalue weighted by Crippen LogP contribution is 2.21. The van der Waals surface area contributed by atoms with Crippen LogP contribution in [-0.2, 0) is 35.2 Å². The molecule has 10 rings (SSSR count). The maximum atomic E-state index is 4.39. The fraction of sp³-hybridized carbons (Fsp3) is 0.378. The molecule has 0 atom stereocenters. The number of nitrogens with zero attached hydrogens (tertiary/aromatic N) is 13. The van der Waals surface area contributed by atoms with Gasteiger partial charge in [-0.25, -0.2) is 33.3 Å². The van der Waals surface area contributed by atoms with E-state index >= 15 is 0 Å². The third-order valence-corrected chi connectivity index (χ3v) is 11.3. The number of rotatable bonds is 5. The van der Waals surface area contributed by atoms with Crippen LogP contribution in [0.3, 0.4) is 0 Å². The summed E-state index contributed by atoms with van der Waals surface area (Å²) >= 11 is 0. The maximum absolute atomic E-state index is 4.39. The number of benzene rings is 1. The summed E-state index contributed by atoms with van der Waals surface area (Å²) in [6, 6.07) is 41.3. The van der Waals surface area contributed by atoms with E-state index in [2.05, 4.69) is 180 Å². The van der Waals surface area contributed by atoms with Crippen LogP contribution in [-0.4, -0.2) is 45.1 Å². The first-order valence-electron chi connectivity index (χ1n) is 31.5. The summed E-state index contributed by atoms with van der Waals surface area (Å²) in [6.45, 7) is 46.3. The van der Waals surface area contributed by atoms with Crippen LogP contribution in [0, 0.1) is 34.6 Å². The number of hydrogen-bond acceptors (Lipinski definition) is 8. The second-order valence-electron chi connectivity index (χ2n) is 16.3. The lowest BCUT2D eigenvalue weighted by molar-refractivity contribution is -0.660. The smallest absolute Gasteiger partial charge is 0.231 e. The average Bonchev–Trinajstić information content (AvgIpc) is 4.21. The molecule has 0 radical (unpaired) electrons. The number of pyridine rings is 7. The zero-order valence-corrected chi connectivity index (χ0v) is 59.2. The monoisotopic (exact) mass is 1190 g/mol. The Morgan fingerprint density at radius 1 is 0.333 bits per heavy atom. The molecule has 0 fully saturated rings. The van der Waals surface area contributed by atoms with Crippen molar-refractivity contribution in [1.82, 2.24) is 45.1 Å². The third kappa shape index (κ3) is 30.4. The molecule has 0 bridgehead atoms. The molecule has 13 nitrogen and oxygen atoms in total. The molecule has 0 saturated heterocycles. The van der Waals surface area contributed by atoms with Crippen LogP contribution in [0.4, 0.5) is 0 Å². The first kappa shape index (κ1) is 84.9. The van der Waals surface area contributed by atoms with Crippen LogP contribution >= 0.6 is 0 Å². The highest BCUT2D eigenvalue weighted by Gasteiger charge is 2.14. The van der Waals surface area contributed by atoms with Gasteiger partial charge in [0.15, 0.2) is 30.6 Å². The van der Waals surface area contributed by atoms with Gasteiger partial charge in [0, 0.05) is 98.3 Å². The summed E-state index contributed by atoms with van der Waals surface area (Å²) in [5.74, 6) is 0.679. The van der Waals surface area contributed by atoms with Gasteiger partial charge in [0.1, 0.15) is 40.2 Å². The van der Waals surface area contributed by atoms with Crippen molar-refractivity contribution in [3.8, 4) is 56.5 Å². The lowest BCUT2D eigenvalue weighted by Gasteiger charge is -2.02. The average molecular weight is 1190 g/mol. The molecule has 0 saturated carbocycles. The fourth-order valence-corrected chi connectivity index (χ4v) is 7.35. The molecule has 87 heavy (non-hydrogen) atoms. The molecule has 9 heterocycles. The number of hydrogen-bond donors (Lipinski definition) is 0. The minimum Gasteiger partial charge on any atom is -0.264 e. The standard InChI is InChI=1S/C13H14N.3C12H13N2.C7H8N6.9C2H6/c1-11-7-3-4-8-12(11)13-9-5-6-10-14(13)2;1-10-6-5-8-13-12(10)11-7-3-4-9-14(11)2;1-10-9-13-7-6-11(10)12-5-3-4-8-14(12)2;1-10-6-7-13-9-11(10)12-5-3-4-8-14(12)2;1-5-6(3-8-4-9-5)7-10-11-12-13(7)2;9*1-2/h3-10H,1-2H3;3*3-9H,1-2H3;3-4H,1-2H3;9*1-2H3/q4*+1;;;;;;;;;;. The van der Waals surface area contributed by atoms with E-state index in [4.69, 9.17) is 0 Å². The summed E-state index contributed by atoms with van der Waals surface area (Å²) in [7, 11) is 9.98. The predicted octanol–water partition coefficient (Wildman–Crippen LogP) is 17.3. The number of tetrazole rings is 1. The Hall–Kier alpha value is -8.58. The lowest BCUT2D eigenvalue weighted by Crippen LogP contribution is -2.30. The van der Waals surface area contributed by atoms with Crippen molar-refractivity contribution < 1.29 is 18.3 Å². The molecule has 10 aromatic rings. The first-order chi connectivity index (χ1) is 42.4. The van der Waals surface area contributed by atoms with Gasteiger partial charge in [-0.15, -0.1) is 5.10 Å². The molecule has 0 N–H and O–H groups in total. The van der Waals surface area contributed by atoms with Gasteiger partial charge in [-0.3, -0.25) is 9.97 Å². The van der Waals surface area contributed by atoms with Gasteiger partial charge in [-0.05, 0) is 116 Å². The Morgan fingerprint density at radius 3 is 1.14 bits per heavy atom. The molecule has 472 valence electrons. The second-order valence-corrected chi connectivity index (χ2v) is 16.3. The summed E-state index contributed by atoms with van der Waals surface area (Å²) in [5, 5.41) is 11.1. The van der Waals surface area contributed by atoms with Crippen LogP contribution in [0.5, 0.6) is 0 Å². The fourth-order valence-electron chi connectivity index (χ4n) is 7.35. The summed E-state index contributed by atoms with van der Waals surface area (Å²) < 4.78 is 10.0. The van der Waals surface area contributed by atoms with Gasteiger partial charge in [0.25, 0.3) is 0 Å². The molecular formula is C74H115N13+4. The lowest BCUT2D eigenvalue weighted by atomic mass is 10.1. The van der Waals surface area contributed by atoms with E-state index < -0.39 is 0 Å². The quantitative estimate of drug-likeness (QED) is 0.156. The molecule has 0 aliphatic rings. The van der Waals surface area contributed by atoms with Crippen molar-refractivity contribution in [2.45, 2.75) is 159 Å². The summed E-state index contributed by atoms with van der Waals surface area (Å²) in [4.78, 5) is 20.6. The minimum absolute atomic E-state index is 0.679. The highest BCUT2D eigenvalue weighted by molar-refractivity contribution is 5.61. The van der Waals surface area contributed by atoms with E-state index in [0.717, 1.165) is 22.6 Å². The van der Waals surface area contributed by atoms with Crippen LogP contribution in [0.15, 0.2) is 190 Å². The van der Waals surface area contributed by atoms with Crippen molar-refractivity contribution in [3.05, 3.63) is 218 Å². The molecule has 1 aromatic carbocycles.